The number of amides is 3. The van der Waals surface area contributed by atoms with Gasteiger partial charge in [-0.15, -0.1) is 0 Å². The van der Waals surface area contributed by atoms with Gasteiger partial charge in [-0.25, -0.2) is 4.39 Å². The summed E-state index contributed by atoms with van der Waals surface area (Å²) in [7, 11) is 0. The second-order valence-corrected chi connectivity index (χ2v) is 8.88. The number of nitrogens with one attached hydrogen (secondary N) is 2. The second kappa shape index (κ2) is 10.1. The first kappa shape index (κ1) is 23.0. The standard InChI is InChI=1S/C26H30FN3O3/c1-17-10-11-19(16-22(17)27)24(31)28-13-14-29-25(32)20-7-3-4-8-21(20)26(33)30-15-12-18-6-2-5-9-23(18)30/h2,5-6,9-11,16,20-21H,3-4,7-8,12-15H2,1H3,(H,28,31)(H,29,32). The first-order chi connectivity index (χ1) is 16.0. The smallest absolute Gasteiger partial charge is 0.251 e. The van der Waals surface area contributed by atoms with Gasteiger partial charge in [-0.2, -0.15) is 0 Å². The molecule has 0 spiro atoms. The third-order valence-corrected chi connectivity index (χ3v) is 6.72. The van der Waals surface area contributed by atoms with Crippen LogP contribution >= 0.6 is 0 Å². The van der Waals surface area contributed by atoms with Crippen LogP contribution in [0.15, 0.2) is 42.5 Å². The van der Waals surface area contributed by atoms with E-state index in [1.807, 2.05) is 29.2 Å². The highest BCUT2D eigenvalue weighted by Crippen LogP contribution is 2.35. The molecule has 2 aromatic carbocycles. The Balaban J connectivity index is 1.31. The van der Waals surface area contributed by atoms with Gasteiger partial charge in [0.05, 0.1) is 5.92 Å². The SMILES string of the molecule is Cc1ccc(C(=O)NCCNC(=O)C2CCCCC2C(=O)N2CCc3ccccc32)cc1F. The molecule has 2 aliphatic rings. The van der Waals surface area contributed by atoms with E-state index in [1.54, 1.807) is 19.1 Å². The summed E-state index contributed by atoms with van der Waals surface area (Å²) < 4.78 is 13.7. The van der Waals surface area contributed by atoms with Crippen LogP contribution in [0.5, 0.6) is 0 Å². The van der Waals surface area contributed by atoms with Gasteiger partial charge in [-0.05, 0) is 55.5 Å². The summed E-state index contributed by atoms with van der Waals surface area (Å²) in [6.45, 7) is 2.78. The lowest BCUT2D eigenvalue weighted by atomic mass is 9.77. The number of fused-ring (bicyclic) bond motifs is 1. The van der Waals surface area contributed by atoms with Crippen molar-refractivity contribution in [3.8, 4) is 0 Å². The van der Waals surface area contributed by atoms with Crippen molar-refractivity contribution in [1.29, 1.82) is 0 Å². The molecule has 2 unspecified atom stereocenters. The molecule has 0 bridgehead atoms. The van der Waals surface area contributed by atoms with E-state index in [1.165, 1.54) is 11.6 Å². The van der Waals surface area contributed by atoms with E-state index < -0.39 is 5.82 Å². The highest BCUT2D eigenvalue weighted by Gasteiger charge is 2.39. The van der Waals surface area contributed by atoms with E-state index in [2.05, 4.69) is 10.6 Å². The molecule has 2 aromatic rings. The predicted octanol–water partition coefficient (Wildman–Crippen LogP) is 3.38. The number of aryl methyl sites for hydroxylation is 1. The van der Waals surface area contributed by atoms with Gasteiger partial charge in [-0.1, -0.05) is 37.1 Å². The number of benzene rings is 2. The van der Waals surface area contributed by atoms with Crippen molar-refractivity contribution in [2.24, 2.45) is 11.8 Å². The van der Waals surface area contributed by atoms with Crippen molar-refractivity contribution in [1.82, 2.24) is 10.6 Å². The van der Waals surface area contributed by atoms with Crippen molar-refractivity contribution < 1.29 is 18.8 Å². The van der Waals surface area contributed by atoms with Crippen molar-refractivity contribution in [3.63, 3.8) is 0 Å². The fourth-order valence-electron chi connectivity index (χ4n) is 4.84. The molecular formula is C26H30FN3O3. The molecule has 6 nitrogen and oxygen atoms in total. The Morgan fingerprint density at radius 1 is 1.00 bits per heavy atom. The van der Waals surface area contributed by atoms with Crippen LogP contribution in [0.1, 0.15) is 47.2 Å². The quantitative estimate of drug-likeness (QED) is 0.661. The highest BCUT2D eigenvalue weighted by atomic mass is 19.1. The van der Waals surface area contributed by atoms with E-state index in [0.717, 1.165) is 24.9 Å². The zero-order valence-corrected chi connectivity index (χ0v) is 18.9. The molecule has 33 heavy (non-hydrogen) atoms. The van der Waals surface area contributed by atoms with Gasteiger partial charge in [0.1, 0.15) is 5.82 Å². The van der Waals surface area contributed by atoms with Gasteiger partial charge in [0.15, 0.2) is 0 Å². The van der Waals surface area contributed by atoms with Crippen molar-refractivity contribution in [2.45, 2.75) is 39.0 Å². The molecule has 1 heterocycles. The monoisotopic (exact) mass is 451 g/mol. The average Bonchev–Trinajstić information content (AvgIpc) is 3.27. The molecule has 0 saturated heterocycles. The lowest BCUT2D eigenvalue weighted by Gasteiger charge is -2.32. The van der Waals surface area contributed by atoms with Crippen LogP contribution in [0.2, 0.25) is 0 Å². The number of hydrogen-bond acceptors (Lipinski definition) is 3. The average molecular weight is 452 g/mol. The van der Waals surface area contributed by atoms with Crippen LogP contribution in [-0.4, -0.2) is 37.4 Å². The Labute approximate surface area is 193 Å². The second-order valence-electron chi connectivity index (χ2n) is 8.88. The minimum Gasteiger partial charge on any atom is -0.354 e. The molecule has 7 heteroatoms. The van der Waals surface area contributed by atoms with Crippen LogP contribution in [0.25, 0.3) is 0 Å². The molecule has 0 radical (unpaired) electrons. The van der Waals surface area contributed by atoms with Crippen LogP contribution in [-0.2, 0) is 16.0 Å². The van der Waals surface area contributed by atoms with Gasteiger partial charge in [0, 0.05) is 36.8 Å². The van der Waals surface area contributed by atoms with E-state index >= 15 is 0 Å². The molecule has 2 N–H and O–H groups in total. The molecule has 2 atom stereocenters. The van der Waals surface area contributed by atoms with Gasteiger partial charge in [0.25, 0.3) is 5.91 Å². The number of hydrogen-bond donors (Lipinski definition) is 2. The summed E-state index contributed by atoms with van der Waals surface area (Å²) in [5, 5.41) is 5.57. The Bertz CT molecular complexity index is 1050. The van der Waals surface area contributed by atoms with E-state index in [4.69, 9.17) is 0 Å². The zero-order chi connectivity index (χ0) is 23.4. The first-order valence-electron chi connectivity index (χ1n) is 11.7. The maximum absolute atomic E-state index is 13.7. The van der Waals surface area contributed by atoms with Crippen LogP contribution in [0.3, 0.4) is 0 Å². The number of rotatable bonds is 6. The third-order valence-electron chi connectivity index (χ3n) is 6.72. The van der Waals surface area contributed by atoms with Crippen molar-refractivity contribution in [2.75, 3.05) is 24.5 Å². The first-order valence-corrected chi connectivity index (χ1v) is 11.7. The number of nitrogens with zero attached hydrogens (tertiary/aromatic N) is 1. The number of halogens is 1. The molecule has 1 aliphatic carbocycles. The van der Waals surface area contributed by atoms with Gasteiger partial charge >= 0.3 is 0 Å². The lowest BCUT2D eigenvalue weighted by Crippen LogP contribution is -2.46. The Morgan fingerprint density at radius 3 is 2.52 bits per heavy atom. The largest absolute Gasteiger partial charge is 0.354 e. The summed E-state index contributed by atoms with van der Waals surface area (Å²) in [6.07, 6.45) is 4.11. The highest BCUT2D eigenvalue weighted by molar-refractivity contribution is 5.99. The Hall–Kier alpha value is -3.22. The maximum Gasteiger partial charge on any atom is 0.251 e. The predicted molar refractivity (Wildman–Crippen MR) is 124 cm³/mol. The Morgan fingerprint density at radius 2 is 1.73 bits per heavy atom. The number of anilines is 1. The molecule has 1 aliphatic heterocycles. The third kappa shape index (κ3) is 5.07. The van der Waals surface area contributed by atoms with Crippen molar-refractivity contribution >= 4 is 23.4 Å². The maximum atomic E-state index is 13.7. The van der Waals surface area contributed by atoms with Gasteiger partial charge in [0.2, 0.25) is 11.8 Å². The topological polar surface area (TPSA) is 78.5 Å². The summed E-state index contributed by atoms with van der Waals surface area (Å²) in [5.74, 6) is -1.60. The lowest BCUT2D eigenvalue weighted by molar-refractivity contribution is -0.135. The molecule has 1 fully saturated rings. The summed E-state index contributed by atoms with van der Waals surface area (Å²) >= 11 is 0. The fraction of sp³-hybridized carbons (Fsp3) is 0.423. The van der Waals surface area contributed by atoms with Crippen LogP contribution in [0.4, 0.5) is 10.1 Å². The van der Waals surface area contributed by atoms with Crippen LogP contribution in [0, 0.1) is 24.6 Å². The van der Waals surface area contributed by atoms with Gasteiger partial charge < -0.3 is 15.5 Å². The minimum absolute atomic E-state index is 0.0366. The fourth-order valence-corrected chi connectivity index (χ4v) is 4.84. The minimum atomic E-state index is -0.426. The zero-order valence-electron chi connectivity index (χ0n) is 18.9. The van der Waals surface area contributed by atoms with Gasteiger partial charge in [-0.3, -0.25) is 14.4 Å². The Kier molecular flexibility index (Phi) is 7.06. The van der Waals surface area contributed by atoms with E-state index in [0.29, 0.717) is 24.9 Å². The summed E-state index contributed by atoms with van der Waals surface area (Å²) in [6, 6.07) is 12.3. The number of carbonyl (C=O) groups is 3. The number of carbonyl (C=O) groups excluding carboxylic acids is 3. The summed E-state index contributed by atoms with van der Waals surface area (Å²) in [5.41, 5.74) is 2.86. The van der Waals surface area contributed by atoms with Crippen LogP contribution < -0.4 is 15.5 Å². The van der Waals surface area contributed by atoms with Crippen molar-refractivity contribution in [3.05, 3.63) is 65.0 Å². The molecular weight excluding hydrogens is 421 g/mol. The van der Waals surface area contributed by atoms with E-state index in [9.17, 15) is 18.8 Å². The molecule has 174 valence electrons. The summed E-state index contributed by atoms with van der Waals surface area (Å²) in [4.78, 5) is 40.3. The molecule has 0 aromatic heterocycles. The molecule has 3 amide bonds. The van der Waals surface area contributed by atoms with E-state index in [-0.39, 0.29) is 48.2 Å². The molecule has 1 saturated carbocycles. The number of para-hydroxylation sites is 1. The molecule has 4 rings (SSSR count). The normalized spacial score (nSPS) is 19.6.